The van der Waals surface area contributed by atoms with Gasteiger partial charge in [-0.3, -0.25) is 9.59 Å². The highest BCUT2D eigenvalue weighted by molar-refractivity contribution is 5.98. The minimum absolute atomic E-state index is 0.193. The number of nitrogens with one attached hydrogen (secondary N) is 1. The van der Waals surface area contributed by atoms with Crippen molar-refractivity contribution in [2.75, 3.05) is 5.32 Å². The molecule has 84 valence electrons. The first-order valence-electron chi connectivity index (χ1n) is 5.19. The maximum atomic E-state index is 11.7. The smallest absolute Gasteiger partial charge is 0.307 e. The van der Waals surface area contributed by atoms with E-state index in [2.05, 4.69) is 5.32 Å². The Balaban J connectivity index is 1.99. The van der Waals surface area contributed by atoms with E-state index in [1.54, 1.807) is 0 Å². The topological polar surface area (TPSA) is 66.4 Å². The molecule has 16 heavy (non-hydrogen) atoms. The van der Waals surface area contributed by atoms with Crippen molar-refractivity contribution in [1.29, 1.82) is 0 Å². The molecule has 2 atom stereocenters. The van der Waals surface area contributed by atoms with Gasteiger partial charge in [-0.25, -0.2) is 0 Å². The molecule has 0 heterocycles. The number of anilines is 1. The third-order valence-corrected chi connectivity index (χ3v) is 2.85. The minimum atomic E-state index is -0.884. The molecule has 1 saturated carbocycles. The van der Waals surface area contributed by atoms with Gasteiger partial charge in [0.25, 0.3) is 0 Å². The first-order chi connectivity index (χ1) is 7.59. The number of amides is 1. The van der Waals surface area contributed by atoms with Crippen LogP contribution in [0, 0.1) is 18.8 Å². The van der Waals surface area contributed by atoms with Crippen molar-refractivity contribution in [2.45, 2.75) is 13.3 Å². The molecular weight excluding hydrogens is 206 g/mol. The predicted molar refractivity (Wildman–Crippen MR) is 59.0 cm³/mol. The summed E-state index contributed by atoms with van der Waals surface area (Å²) in [5.74, 6) is -1.94. The second kappa shape index (κ2) is 3.96. The molecule has 1 amide bonds. The molecule has 4 nitrogen and oxygen atoms in total. The van der Waals surface area contributed by atoms with E-state index in [1.165, 1.54) is 0 Å². The molecular formula is C12H13NO3. The fourth-order valence-corrected chi connectivity index (χ4v) is 1.70. The normalized spacial score (nSPS) is 22.6. The van der Waals surface area contributed by atoms with Crippen molar-refractivity contribution >= 4 is 17.6 Å². The van der Waals surface area contributed by atoms with Crippen molar-refractivity contribution in [2.24, 2.45) is 11.8 Å². The summed E-state index contributed by atoms with van der Waals surface area (Å²) in [5.41, 5.74) is 1.73. The number of carboxylic acids is 1. The number of carbonyl (C=O) groups excluding carboxylic acids is 1. The quantitative estimate of drug-likeness (QED) is 0.812. The van der Waals surface area contributed by atoms with E-state index in [0.717, 1.165) is 11.3 Å². The van der Waals surface area contributed by atoms with Crippen LogP contribution in [0.5, 0.6) is 0 Å². The summed E-state index contributed by atoms with van der Waals surface area (Å²) in [4.78, 5) is 22.3. The Morgan fingerprint density at radius 1 is 1.31 bits per heavy atom. The molecule has 1 aliphatic rings. The Morgan fingerprint density at radius 3 is 2.56 bits per heavy atom. The average molecular weight is 219 g/mol. The zero-order chi connectivity index (χ0) is 11.7. The lowest BCUT2D eigenvalue weighted by Crippen LogP contribution is -2.17. The van der Waals surface area contributed by atoms with E-state index in [4.69, 9.17) is 5.11 Å². The molecule has 1 aromatic rings. The summed E-state index contributed by atoms with van der Waals surface area (Å²) in [6.45, 7) is 1.90. The Kier molecular flexibility index (Phi) is 2.64. The minimum Gasteiger partial charge on any atom is -0.481 e. The van der Waals surface area contributed by atoms with Crippen molar-refractivity contribution in [1.82, 2.24) is 0 Å². The maximum Gasteiger partial charge on any atom is 0.307 e. The van der Waals surface area contributed by atoms with Crippen LogP contribution >= 0.6 is 0 Å². The van der Waals surface area contributed by atoms with Gasteiger partial charge in [0, 0.05) is 5.69 Å². The van der Waals surface area contributed by atoms with Crippen molar-refractivity contribution < 1.29 is 14.7 Å². The molecule has 0 bridgehead atoms. The van der Waals surface area contributed by atoms with Crippen LogP contribution in [0.3, 0.4) is 0 Å². The third-order valence-electron chi connectivity index (χ3n) is 2.85. The van der Waals surface area contributed by atoms with E-state index in [9.17, 15) is 9.59 Å². The highest BCUT2D eigenvalue weighted by Gasteiger charge is 2.48. The number of carbonyl (C=O) groups is 2. The number of aliphatic carboxylic acids is 1. The van der Waals surface area contributed by atoms with E-state index in [0.29, 0.717) is 6.42 Å². The average Bonchev–Trinajstić information content (AvgIpc) is 3.01. The predicted octanol–water partition coefficient (Wildman–Crippen LogP) is 1.65. The summed E-state index contributed by atoms with van der Waals surface area (Å²) in [6, 6.07) is 7.44. The van der Waals surface area contributed by atoms with E-state index < -0.39 is 11.9 Å². The standard InChI is InChI=1S/C12H13NO3/c1-7-4-2-3-5-10(7)13-11(14)8-6-9(8)12(15)16/h2-5,8-9H,6H2,1H3,(H,13,14)(H,15,16). The van der Waals surface area contributed by atoms with Crippen molar-refractivity contribution in [3.63, 3.8) is 0 Å². The van der Waals surface area contributed by atoms with E-state index in [-0.39, 0.29) is 11.8 Å². The largest absolute Gasteiger partial charge is 0.481 e. The number of hydrogen-bond donors (Lipinski definition) is 2. The van der Waals surface area contributed by atoms with Crippen LogP contribution in [0.2, 0.25) is 0 Å². The Labute approximate surface area is 93.3 Å². The zero-order valence-corrected chi connectivity index (χ0v) is 8.93. The fraction of sp³-hybridized carbons (Fsp3) is 0.333. The van der Waals surface area contributed by atoms with Gasteiger partial charge in [0.05, 0.1) is 11.8 Å². The summed E-state index contributed by atoms with van der Waals surface area (Å²) in [5, 5.41) is 11.5. The lowest BCUT2D eigenvalue weighted by Gasteiger charge is -2.06. The highest BCUT2D eigenvalue weighted by atomic mass is 16.4. The van der Waals surface area contributed by atoms with Gasteiger partial charge in [-0.2, -0.15) is 0 Å². The fourth-order valence-electron chi connectivity index (χ4n) is 1.70. The van der Waals surface area contributed by atoms with Crippen LogP contribution in [-0.4, -0.2) is 17.0 Å². The van der Waals surface area contributed by atoms with Crippen LogP contribution in [0.1, 0.15) is 12.0 Å². The molecule has 2 N–H and O–H groups in total. The third kappa shape index (κ3) is 2.05. The SMILES string of the molecule is Cc1ccccc1NC(=O)C1CC1C(=O)O. The molecule has 1 aliphatic carbocycles. The molecule has 0 radical (unpaired) electrons. The molecule has 0 aliphatic heterocycles. The lowest BCUT2D eigenvalue weighted by molar-refractivity contribution is -0.139. The summed E-state index contributed by atoms with van der Waals surface area (Å²) >= 11 is 0. The van der Waals surface area contributed by atoms with Gasteiger partial charge >= 0.3 is 5.97 Å². The summed E-state index contributed by atoms with van der Waals surface area (Å²) < 4.78 is 0. The van der Waals surface area contributed by atoms with Crippen LogP contribution in [0.15, 0.2) is 24.3 Å². The lowest BCUT2D eigenvalue weighted by atomic mass is 10.2. The number of carboxylic acid groups (broad SMARTS) is 1. The van der Waals surface area contributed by atoms with Crippen LogP contribution < -0.4 is 5.32 Å². The summed E-state index contributed by atoms with van der Waals surface area (Å²) in [7, 11) is 0. The number of benzene rings is 1. The van der Waals surface area contributed by atoms with Gasteiger partial charge in [0.1, 0.15) is 0 Å². The number of para-hydroxylation sites is 1. The first-order valence-corrected chi connectivity index (χ1v) is 5.19. The van der Waals surface area contributed by atoms with Gasteiger partial charge in [0.15, 0.2) is 0 Å². The van der Waals surface area contributed by atoms with Crippen LogP contribution in [0.25, 0.3) is 0 Å². The van der Waals surface area contributed by atoms with Crippen molar-refractivity contribution in [3.05, 3.63) is 29.8 Å². The number of aryl methyl sites for hydroxylation is 1. The maximum absolute atomic E-state index is 11.7. The zero-order valence-electron chi connectivity index (χ0n) is 8.93. The Hall–Kier alpha value is -1.84. The molecule has 1 fully saturated rings. The second-order valence-corrected chi connectivity index (χ2v) is 4.09. The monoisotopic (exact) mass is 219 g/mol. The second-order valence-electron chi connectivity index (χ2n) is 4.09. The van der Waals surface area contributed by atoms with Gasteiger partial charge in [-0.15, -0.1) is 0 Å². The molecule has 2 unspecified atom stereocenters. The molecule has 0 aromatic heterocycles. The highest BCUT2D eigenvalue weighted by Crippen LogP contribution is 2.39. The van der Waals surface area contributed by atoms with E-state index in [1.807, 2.05) is 31.2 Å². The van der Waals surface area contributed by atoms with Crippen molar-refractivity contribution in [3.8, 4) is 0 Å². The van der Waals surface area contributed by atoms with Gasteiger partial charge in [-0.1, -0.05) is 18.2 Å². The number of hydrogen-bond acceptors (Lipinski definition) is 2. The summed E-state index contributed by atoms with van der Waals surface area (Å²) in [6.07, 6.45) is 0.451. The van der Waals surface area contributed by atoms with E-state index >= 15 is 0 Å². The Bertz CT molecular complexity index is 442. The van der Waals surface area contributed by atoms with Gasteiger partial charge in [0.2, 0.25) is 5.91 Å². The molecule has 4 heteroatoms. The molecule has 0 saturated heterocycles. The van der Waals surface area contributed by atoms with Crippen LogP contribution in [0.4, 0.5) is 5.69 Å². The first kappa shape index (κ1) is 10.7. The molecule has 2 rings (SSSR count). The van der Waals surface area contributed by atoms with Gasteiger partial charge in [-0.05, 0) is 25.0 Å². The van der Waals surface area contributed by atoms with Crippen LogP contribution in [-0.2, 0) is 9.59 Å². The molecule has 0 spiro atoms. The molecule has 1 aromatic carbocycles. The van der Waals surface area contributed by atoms with Gasteiger partial charge < -0.3 is 10.4 Å². The number of rotatable bonds is 3. The Morgan fingerprint density at radius 2 is 2.00 bits per heavy atom.